The summed E-state index contributed by atoms with van der Waals surface area (Å²) in [7, 11) is -3.44. The first kappa shape index (κ1) is 16.5. The molecule has 5 nitrogen and oxygen atoms in total. The summed E-state index contributed by atoms with van der Waals surface area (Å²) < 4.78 is 29.9. The standard InChI is InChI=1S/C15H27N3O2S/c1-3-7-18-11-15(9-14(18)10-16)21(19,20)17-13-6-4-5-12(2)8-13/h9,11-13,17H,3-8,10,16H2,1-2H3. The van der Waals surface area contributed by atoms with Crippen molar-refractivity contribution in [2.75, 3.05) is 0 Å². The second kappa shape index (κ2) is 6.94. The van der Waals surface area contributed by atoms with Crippen LogP contribution in [0.4, 0.5) is 0 Å². The fraction of sp³-hybridized carbons (Fsp3) is 0.733. The number of rotatable bonds is 6. The van der Waals surface area contributed by atoms with E-state index in [-0.39, 0.29) is 6.04 Å². The number of hydrogen-bond donors (Lipinski definition) is 2. The van der Waals surface area contributed by atoms with Gasteiger partial charge in [-0.25, -0.2) is 13.1 Å². The van der Waals surface area contributed by atoms with Gasteiger partial charge in [-0.1, -0.05) is 26.7 Å². The predicted molar refractivity (Wildman–Crippen MR) is 84.4 cm³/mol. The number of sulfonamides is 1. The van der Waals surface area contributed by atoms with Crippen molar-refractivity contribution in [2.24, 2.45) is 11.7 Å². The molecule has 3 N–H and O–H groups in total. The highest BCUT2D eigenvalue weighted by molar-refractivity contribution is 7.89. The van der Waals surface area contributed by atoms with Crippen LogP contribution in [0.1, 0.15) is 51.6 Å². The molecule has 120 valence electrons. The summed E-state index contributed by atoms with van der Waals surface area (Å²) in [4.78, 5) is 0.342. The maximum absolute atomic E-state index is 12.5. The van der Waals surface area contributed by atoms with Gasteiger partial charge in [0.05, 0.1) is 4.90 Å². The first-order valence-electron chi connectivity index (χ1n) is 7.87. The van der Waals surface area contributed by atoms with E-state index in [1.165, 1.54) is 6.42 Å². The fourth-order valence-electron chi connectivity index (χ4n) is 3.12. The lowest BCUT2D eigenvalue weighted by Gasteiger charge is -2.27. The van der Waals surface area contributed by atoms with E-state index in [9.17, 15) is 8.42 Å². The van der Waals surface area contributed by atoms with E-state index in [0.29, 0.717) is 17.4 Å². The predicted octanol–water partition coefficient (Wildman–Crippen LogP) is 2.21. The van der Waals surface area contributed by atoms with E-state index < -0.39 is 10.0 Å². The molecule has 2 atom stereocenters. The Hall–Kier alpha value is -0.850. The Morgan fingerprint density at radius 2 is 2.19 bits per heavy atom. The zero-order valence-electron chi connectivity index (χ0n) is 13.0. The molecule has 1 aliphatic rings. The molecule has 1 saturated carbocycles. The van der Waals surface area contributed by atoms with Gasteiger partial charge in [-0.15, -0.1) is 0 Å². The third-order valence-electron chi connectivity index (χ3n) is 4.20. The number of aryl methyl sites for hydroxylation is 1. The van der Waals surface area contributed by atoms with Gasteiger partial charge in [0.2, 0.25) is 10.0 Å². The first-order valence-corrected chi connectivity index (χ1v) is 9.36. The smallest absolute Gasteiger partial charge is 0.242 e. The van der Waals surface area contributed by atoms with Gasteiger partial charge in [0.15, 0.2) is 0 Å². The lowest BCUT2D eigenvalue weighted by molar-refractivity contribution is 0.327. The molecular formula is C15H27N3O2S. The number of hydrogen-bond acceptors (Lipinski definition) is 3. The number of nitrogens with two attached hydrogens (primary N) is 1. The van der Waals surface area contributed by atoms with Crippen LogP contribution in [0.5, 0.6) is 0 Å². The van der Waals surface area contributed by atoms with Crippen molar-refractivity contribution in [1.82, 2.24) is 9.29 Å². The molecule has 1 heterocycles. The molecule has 0 aromatic carbocycles. The molecular weight excluding hydrogens is 286 g/mol. The SMILES string of the molecule is CCCn1cc(S(=O)(=O)NC2CCCC(C)C2)cc1CN. The normalized spacial score (nSPS) is 23.4. The van der Waals surface area contributed by atoms with Crippen molar-refractivity contribution in [2.45, 2.75) is 70.0 Å². The molecule has 0 spiro atoms. The fourth-order valence-corrected chi connectivity index (χ4v) is 4.47. The molecule has 1 aromatic rings. The van der Waals surface area contributed by atoms with Gasteiger partial charge in [-0.3, -0.25) is 0 Å². The summed E-state index contributed by atoms with van der Waals surface area (Å²) >= 11 is 0. The van der Waals surface area contributed by atoms with Gasteiger partial charge in [0.25, 0.3) is 0 Å². The Morgan fingerprint density at radius 3 is 2.81 bits per heavy atom. The van der Waals surface area contributed by atoms with Crippen LogP contribution in [-0.4, -0.2) is 19.0 Å². The van der Waals surface area contributed by atoms with Crippen molar-refractivity contribution < 1.29 is 8.42 Å². The highest BCUT2D eigenvalue weighted by Gasteiger charge is 2.25. The summed E-state index contributed by atoms with van der Waals surface area (Å²) in [5.74, 6) is 0.593. The lowest BCUT2D eigenvalue weighted by Crippen LogP contribution is -2.37. The van der Waals surface area contributed by atoms with Crippen LogP contribution in [0.3, 0.4) is 0 Å². The molecule has 2 rings (SSSR count). The number of nitrogens with one attached hydrogen (secondary N) is 1. The molecule has 0 aliphatic heterocycles. The zero-order valence-corrected chi connectivity index (χ0v) is 13.8. The average Bonchev–Trinajstić information content (AvgIpc) is 2.83. The highest BCUT2D eigenvalue weighted by Crippen LogP contribution is 2.25. The maximum Gasteiger partial charge on any atom is 0.242 e. The molecule has 0 saturated heterocycles. The molecule has 1 aliphatic carbocycles. The minimum absolute atomic E-state index is 0.0644. The van der Waals surface area contributed by atoms with E-state index in [2.05, 4.69) is 18.6 Å². The maximum atomic E-state index is 12.5. The third-order valence-corrected chi connectivity index (χ3v) is 5.69. The van der Waals surface area contributed by atoms with Crippen LogP contribution in [0.15, 0.2) is 17.2 Å². The Balaban J connectivity index is 2.15. The Labute approximate surface area is 128 Å². The van der Waals surface area contributed by atoms with Crippen molar-refractivity contribution in [3.8, 4) is 0 Å². The summed E-state index contributed by atoms with van der Waals surface area (Å²) in [6.45, 7) is 5.40. The first-order chi connectivity index (χ1) is 9.96. The highest BCUT2D eigenvalue weighted by atomic mass is 32.2. The third kappa shape index (κ3) is 4.08. The summed E-state index contributed by atoms with van der Waals surface area (Å²) in [6.07, 6.45) is 6.82. The van der Waals surface area contributed by atoms with Crippen LogP contribution in [0.2, 0.25) is 0 Å². The molecule has 6 heteroatoms. The van der Waals surface area contributed by atoms with Crippen molar-refractivity contribution >= 4 is 10.0 Å². The van der Waals surface area contributed by atoms with Crippen molar-refractivity contribution in [3.05, 3.63) is 18.0 Å². The monoisotopic (exact) mass is 313 g/mol. The Bertz CT molecular complexity index is 565. The minimum atomic E-state index is -3.44. The minimum Gasteiger partial charge on any atom is -0.349 e. The van der Waals surface area contributed by atoms with Crippen molar-refractivity contribution in [1.29, 1.82) is 0 Å². The van der Waals surface area contributed by atoms with Gasteiger partial charge in [-0.2, -0.15) is 0 Å². The van der Waals surface area contributed by atoms with E-state index in [0.717, 1.165) is 37.9 Å². The van der Waals surface area contributed by atoms with Gasteiger partial charge in [0, 0.05) is 31.0 Å². The second-order valence-electron chi connectivity index (χ2n) is 6.15. The molecule has 1 fully saturated rings. The van der Waals surface area contributed by atoms with Gasteiger partial charge in [-0.05, 0) is 31.2 Å². The molecule has 0 radical (unpaired) electrons. The zero-order chi connectivity index (χ0) is 15.5. The van der Waals surface area contributed by atoms with Crippen LogP contribution < -0.4 is 10.5 Å². The summed E-state index contributed by atoms with van der Waals surface area (Å²) in [5.41, 5.74) is 6.57. The van der Waals surface area contributed by atoms with Crippen LogP contribution in [0, 0.1) is 5.92 Å². The van der Waals surface area contributed by atoms with Crippen LogP contribution >= 0.6 is 0 Å². The summed E-state index contributed by atoms with van der Waals surface area (Å²) in [5, 5.41) is 0. The van der Waals surface area contributed by atoms with E-state index in [1.54, 1.807) is 12.3 Å². The topological polar surface area (TPSA) is 77.1 Å². The van der Waals surface area contributed by atoms with Crippen LogP contribution in [-0.2, 0) is 23.1 Å². The van der Waals surface area contributed by atoms with Gasteiger partial charge < -0.3 is 10.3 Å². The largest absolute Gasteiger partial charge is 0.349 e. The second-order valence-corrected chi connectivity index (χ2v) is 7.87. The quantitative estimate of drug-likeness (QED) is 0.845. The molecule has 2 unspecified atom stereocenters. The van der Waals surface area contributed by atoms with Gasteiger partial charge in [0.1, 0.15) is 0 Å². The Morgan fingerprint density at radius 1 is 1.43 bits per heavy atom. The number of aromatic nitrogens is 1. The van der Waals surface area contributed by atoms with Gasteiger partial charge >= 0.3 is 0 Å². The molecule has 1 aromatic heterocycles. The molecule has 0 bridgehead atoms. The average molecular weight is 313 g/mol. The van der Waals surface area contributed by atoms with E-state index in [1.807, 2.05) is 4.57 Å². The number of nitrogens with zero attached hydrogens (tertiary/aromatic N) is 1. The molecule has 21 heavy (non-hydrogen) atoms. The summed E-state index contributed by atoms with van der Waals surface area (Å²) in [6, 6.07) is 1.76. The molecule has 0 amide bonds. The Kier molecular flexibility index (Phi) is 5.46. The van der Waals surface area contributed by atoms with Crippen molar-refractivity contribution in [3.63, 3.8) is 0 Å². The van der Waals surface area contributed by atoms with Crippen LogP contribution in [0.25, 0.3) is 0 Å². The van der Waals surface area contributed by atoms with E-state index in [4.69, 9.17) is 5.73 Å². The lowest BCUT2D eigenvalue weighted by atomic mass is 9.88. The van der Waals surface area contributed by atoms with E-state index >= 15 is 0 Å².